The molecule has 3 rings (SSSR count). The van der Waals surface area contributed by atoms with Crippen LogP contribution in [-0.2, 0) is 9.53 Å². The summed E-state index contributed by atoms with van der Waals surface area (Å²) in [6.45, 7) is 4.76. The minimum atomic E-state index is 0.108. The molecule has 3 aliphatic heterocycles. The zero-order valence-electron chi connectivity index (χ0n) is 11.9. The van der Waals surface area contributed by atoms with Crippen LogP contribution < -0.4 is 5.32 Å². The van der Waals surface area contributed by atoms with Gasteiger partial charge in [0.15, 0.2) is 0 Å². The van der Waals surface area contributed by atoms with Gasteiger partial charge in [-0.05, 0) is 52.0 Å². The number of rotatable bonds is 2. The van der Waals surface area contributed by atoms with E-state index in [2.05, 4.69) is 17.1 Å². The van der Waals surface area contributed by atoms with Crippen molar-refractivity contribution >= 4 is 5.91 Å². The zero-order valence-corrected chi connectivity index (χ0v) is 11.9. The fourth-order valence-electron chi connectivity index (χ4n) is 3.91. The van der Waals surface area contributed by atoms with E-state index in [1.165, 1.54) is 25.7 Å². The number of carbonyl (C=O) groups excluding carboxylic acids is 1. The van der Waals surface area contributed by atoms with E-state index >= 15 is 0 Å². The summed E-state index contributed by atoms with van der Waals surface area (Å²) in [7, 11) is 0. The molecule has 0 spiro atoms. The summed E-state index contributed by atoms with van der Waals surface area (Å²) in [5, 5.41) is 3.59. The summed E-state index contributed by atoms with van der Waals surface area (Å²) >= 11 is 0. The van der Waals surface area contributed by atoms with Crippen LogP contribution in [0.5, 0.6) is 0 Å². The lowest BCUT2D eigenvalue weighted by Gasteiger charge is -2.40. The first-order valence-corrected chi connectivity index (χ1v) is 7.91. The Labute approximate surface area is 115 Å². The summed E-state index contributed by atoms with van der Waals surface area (Å²) in [5.74, 6) is 0.458. The highest BCUT2D eigenvalue weighted by Gasteiger charge is 2.38. The first kappa shape index (κ1) is 13.4. The predicted octanol–water partition coefficient (Wildman–Crippen LogP) is 1.54. The molecule has 3 heterocycles. The molecule has 4 nitrogen and oxygen atoms in total. The van der Waals surface area contributed by atoms with Crippen molar-refractivity contribution in [1.82, 2.24) is 10.2 Å². The second kappa shape index (κ2) is 5.80. The summed E-state index contributed by atoms with van der Waals surface area (Å²) in [4.78, 5) is 14.9. The Balaban J connectivity index is 1.67. The molecule has 3 aliphatic rings. The van der Waals surface area contributed by atoms with Gasteiger partial charge in [-0.3, -0.25) is 4.79 Å². The van der Waals surface area contributed by atoms with Gasteiger partial charge in [0.25, 0.3) is 0 Å². The molecule has 0 aliphatic carbocycles. The maximum Gasteiger partial charge on any atom is 0.228 e. The van der Waals surface area contributed by atoms with Crippen molar-refractivity contribution in [3.8, 4) is 0 Å². The Kier molecular flexibility index (Phi) is 4.08. The van der Waals surface area contributed by atoms with Crippen LogP contribution in [0.4, 0.5) is 0 Å². The van der Waals surface area contributed by atoms with Crippen LogP contribution in [0.15, 0.2) is 0 Å². The van der Waals surface area contributed by atoms with Crippen molar-refractivity contribution in [1.29, 1.82) is 0 Å². The molecule has 0 aromatic rings. The van der Waals surface area contributed by atoms with Gasteiger partial charge >= 0.3 is 0 Å². The lowest BCUT2D eigenvalue weighted by atomic mass is 9.92. The second-order valence-electron chi connectivity index (χ2n) is 6.37. The number of piperidine rings is 1. The quantitative estimate of drug-likeness (QED) is 0.824. The van der Waals surface area contributed by atoms with Crippen LogP contribution >= 0.6 is 0 Å². The van der Waals surface area contributed by atoms with Crippen LogP contribution in [0.25, 0.3) is 0 Å². The molecule has 4 atom stereocenters. The first-order chi connectivity index (χ1) is 9.25. The third-order valence-electron chi connectivity index (χ3n) is 4.94. The molecule has 1 amide bonds. The Morgan fingerprint density at radius 2 is 2.16 bits per heavy atom. The number of likely N-dealkylation sites (tertiary alicyclic amines) is 1. The molecule has 3 saturated heterocycles. The van der Waals surface area contributed by atoms with Crippen LogP contribution in [-0.4, -0.2) is 48.7 Å². The Hall–Kier alpha value is -0.610. The molecule has 0 radical (unpaired) electrons. The number of carbonyl (C=O) groups is 1. The van der Waals surface area contributed by atoms with Crippen LogP contribution in [0.3, 0.4) is 0 Å². The van der Waals surface area contributed by atoms with Crippen molar-refractivity contribution in [3.05, 3.63) is 0 Å². The van der Waals surface area contributed by atoms with Gasteiger partial charge in [-0.25, -0.2) is 0 Å². The number of hydrogen-bond acceptors (Lipinski definition) is 3. The van der Waals surface area contributed by atoms with Crippen molar-refractivity contribution in [2.24, 2.45) is 5.92 Å². The predicted molar refractivity (Wildman–Crippen MR) is 73.9 cm³/mol. The number of hydrogen-bond donors (Lipinski definition) is 1. The van der Waals surface area contributed by atoms with Crippen molar-refractivity contribution < 1.29 is 9.53 Å². The van der Waals surface area contributed by atoms with Crippen LogP contribution in [0, 0.1) is 5.92 Å². The number of ether oxygens (including phenoxy) is 1. The van der Waals surface area contributed by atoms with Gasteiger partial charge in [-0.15, -0.1) is 0 Å². The molecule has 0 aromatic carbocycles. The molecule has 0 bridgehead atoms. The average molecular weight is 266 g/mol. The molecule has 0 aromatic heterocycles. The van der Waals surface area contributed by atoms with Gasteiger partial charge < -0.3 is 15.0 Å². The Bertz CT molecular complexity index is 328. The molecule has 3 fully saturated rings. The fraction of sp³-hybridized carbons (Fsp3) is 0.933. The van der Waals surface area contributed by atoms with Crippen molar-refractivity contribution in [2.45, 2.75) is 63.6 Å². The molecule has 0 saturated carbocycles. The monoisotopic (exact) mass is 266 g/mol. The lowest BCUT2D eigenvalue weighted by Crippen LogP contribution is -2.54. The van der Waals surface area contributed by atoms with Crippen molar-refractivity contribution in [3.63, 3.8) is 0 Å². The summed E-state index contributed by atoms with van der Waals surface area (Å²) in [5.41, 5.74) is 0. The summed E-state index contributed by atoms with van der Waals surface area (Å²) < 4.78 is 5.57. The van der Waals surface area contributed by atoms with Gasteiger partial charge in [0, 0.05) is 18.6 Å². The molecule has 4 unspecified atom stereocenters. The van der Waals surface area contributed by atoms with Gasteiger partial charge in [0.1, 0.15) is 0 Å². The van der Waals surface area contributed by atoms with E-state index in [0.717, 1.165) is 25.9 Å². The van der Waals surface area contributed by atoms with E-state index in [-0.39, 0.29) is 12.0 Å². The molecular weight excluding hydrogens is 240 g/mol. The first-order valence-electron chi connectivity index (χ1n) is 7.91. The largest absolute Gasteiger partial charge is 0.378 e. The fourth-order valence-corrected chi connectivity index (χ4v) is 3.91. The number of nitrogens with zero attached hydrogens (tertiary/aromatic N) is 1. The Morgan fingerprint density at radius 1 is 1.26 bits per heavy atom. The third-order valence-corrected chi connectivity index (χ3v) is 4.94. The molecule has 19 heavy (non-hydrogen) atoms. The van der Waals surface area contributed by atoms with Gasteiger partial charge in [0.05, 0.1) is 18.6 Å². The van der Waals surface area contributed by atoms with Crippen LogP contribution in [0.2, 0.25) is 0 Å². The van der Waals surface area contributed by atoms with Gasteiger partial charge in [-0.1, -0.05) is 0 Å². The standard InChI is InChI=1S/C15H26N2O2/c1-11-9-12(10-19-11)15(18)17-8-3-2-6-14(17)13-5-4-7-16-13/h11-14,16H,2-10H2,1H3. The molecular formula is C15H26N2O2. The molecule has 108 valence electrons. The highest BCUT2D eigenvalue weighted by Crippen LogP contribution is 2.28. The van der Waals surface area contributed by atoms with Gasteiger partial charge in [-0.2, -0.15) is 0 Å². The average Bonchev–Trinajstić information content (AvgIpc) is 3.09. The molecule has 1 N–H and O–H groups in total. The summed E-state index contributed by atoms with van der Waals surface area (Å²) in [6.07, 6.45) is 7.25. The number of amides is 1. The lowest BCUT2D eigenvalue weighted by molar-refractivity contribution is -0.140. The van der Waals surface area contributed by atoms with E-state index in [1.54, 1.807) is 0 Å². The minimum absolute atomic E-state index is 0.108. The zero-order chi connectivity index (χ0) is 13.2. The van der Waals surface area contributed by atoms with Crippen molar-refractivity contribution in [2.75, 3.05) is 19.7 Å². The Morgan fingerprint density at radius 3 is 2.84 bits per heavy atom. The molecule has 4 heteroatoms. The second-order valence-corrected chi connectivity index (χ2v) is 6.37. The van der Waals surface area contributed by atoms with Gasteiger partial charge in [0.2, 0.25) is 5.91 Å². The maximum absolute atomic E-state index is 12.7. The van der Waals surface area contributed by atoms with E-state index in [1.807, 2.05) is 0 Å². The highest BCUT2D eigenvalue weighted by atomic mass is 16.5. The maximum atomic E-state index is 12.7. The van der Waals surface area contributed by atoms with E-state index in [9.17, 15) is 4.79 Å². The van der Waals surface area contributed by atoms with E-state index in [0.29, 0.717) is 24.6 Å². The SMILES string of the molecule is CC1CC(C(=O)N2CCCCC2C2CCCN2)CO1. The van der Waals surface area contributed by atoms with Crippen LogP contribution in [0.1, 0.15) is 45.4 Å². The minimum Gasteiger partial charge on any atom is -0.378 e. The normalized spacial score (nSPS) is 39.7. The highest BCUT2D eigenvalue weighted by molar-refractivity contribution is 5.79. The third kappa shape index (κ3) is 2.79. The van der Waals surface area contributed by atoms with E-state index < -0.39 is 0 Å². The summed E-state index contributed by atoms with van der Waals surface area (Å²) in [6, 6.07) is 0.962. The topological polar surface area (TPSA) is 41.6 Å². The number of nitrogens with one attached hydrogen (secondary N) is 1. The smallest absolute Gasteiger partial charge is 0.228 e. The van der Waals surface area contributed by atoms with E-state index in [4.69, 9.17) is 4.74 Å².